The number of nitro benzene ring substituents is 1. The summed E-state index contributed by atoms with van der Waals surface area (Å²) >= 11 is 0. The fraction of sp³-hybridized carbons (Fsp3) is 0.455. The molecule has 1 aromatic rings. The van der Waals surface area contributed by atoms with E-state index in [0.29, 0.717) is 30.2 Å². The average Bonchev–Trinajstić information content (AvgIpc) is 2.34. The van der Waals surface area contributed by atoms with Crippen molar-refractivity contribution in [3.05, 3.63) is 39.7 Å². The van der Waals surface area contributed by atoms with Gasteiger partial charge < -0.3 is 5.32 Å². The highest BCUT2D eigenvalue weighted by atomic mass is 32.2. The topological polar surface area (TPSA) is 72.2 Å². The highest BCUT2D eigenvalue weighted by Crippen LogP contribution is 2.17. The Morgan fingerprint density at radius 2 is 2.22 bits per heavy atom. The van der Waals surface area contributed by atoms with E-state index in [9.17, 15) is 18.7 Å². The van der Waals surface area contributed by atoms with Crippen molar-refractivity contribution >= 4 is 16.5 Å². The third-order valence-electron chi connectivity index (χ3n) is 2.37. The Kier molecular flexibility index (Phi) is 5.87. The third-order valence-corrected chi connectivity index (χ3v) is 3.67. The summed E-state index contributed by atoms with van der Waals surface area (Å²) in [6.07, 6.45) is 0. The first-order chi connectivity index (χ1) is 8.54. The molecule has 5 nitrogen and oxygen atoms in total. The van der Waals surface area contributed by atoms with E-state index in [0.717, 1.165) is 12.1 Å². The van der Waals surface area contributed by atoms with Crippen LogP contribution >= 0.6 is 0 Å². The van der Waals surface area contributed by atoms with Crippen molar-refractivity contribution in [3.63, 3.8) is 0 Å². The zero-order valence-electron chi connectivity index (χ0n) is 10.0. The molecular weight excluding hydrogens is 259 g/mol. The van der Waals surface area contributed by atoms with Crippen LogP contribution in [0, 0.1) is 15.9 Å². The van der Waals surface area contributed by atoms with Gasteiger partial charge in [-0.2, -0.15) is 4.39 Å². The lowest BCUT2D eigenvalue weighted by Crippen LogP contribution is -2.20. The summed E-state index contributed by atoms with van der Waals surface area (Å²) < 4.78 is 24.4. The first-order valence-electron chi connectivity index (χ1n) is 5.53. The van der Waals surface area contributed by atoms with E-state index < -0.39 is 27.2 Å². The molecule has 0 aliphatic rings. The minimum atomic E-state index is -0.837. The van der Waals surface area contributed by atoms with Gasteiger partial charge in [0.25, 0.3) is 0 Å². The van der Waals surface area contributed by atoms with Gasteiger partial charge in [-0.15, -0.1) is 0 Å². The van der Waals surface area contributed by atoms with Gasteiger partial charge in [0, 0.05) is 41.5 Å². The van der Waals surface area contributed by atoms with Crippen molar-refractivity contribution in [3.8, 4) is 0 Å². The van der Waals surface area contributed by atoms with Gasteiger partial charge >= 0.3 is 5.69 Å². The maximum absolute atomic E-state index is 13.3. The quantitative estimate of drug-likeness (QED) is 0.465. The Labute approximate surface area is 107 Å². The molecule has 0 aliphatic carbocycles. The molecule has 0 fully saturated rings. The van der Waals surface area contributed by atoms with Gasteiger partial charge in [0.15, 0.2) is 0 Å². The van der Waals surface area contributed by atoms with E-state index in [4.69, 9.17) is 0 Å². The first-order valence-corrected chi connectivity index (χ1v) is 7.02. The number of halogens is 1. The lowest BCUT2D eigenvalue weighted by Gasteiger charge is -2.04. The minimum Gasteiger partial charge on any atom is -0.312 e. The van der Waals surface area contributed by atoms with E-state index in [1.54, 1.807) is 0 Å². The smallest absolute Gasteiger partial charge is 0.304 e. The van der Waals surface area contributed by atoms with Crippen molar-refractivity contribution in [1.82, 2.24) is 5.32 Å². The zero-order valence-corrected chi connectivity index (χ0v) is 10.8. The molecule has 18 heavy (non-hydrogen) atoms. The Morgan fingerprint density at radius 3 is 2.78 bits per heavy atom. The summed E-state index contributed by atoms with van der Waals surface area (Å²) in [5.74, 6) is 0.330. The second-order valence-corrected chi connectivity index (χ2v) is 5.52. The molecule has 1 unspecified atom stereocenters. The van der Waals surface area contributed by atoms with E-state index in [2.05, 4.69) is 5.32 Å². The summed E-state index contributed by atoms with van der Waals surface area (Å²) in [4.78, 5) is 9.66. The predicted octanol–water partition coefficient (Wildman–Crippen LogP) is 1.59. The fourth-order valence-electron chi connectivity index (χ4n) is 1.37. The molecule has 7 heteroatoms. The van der Waals surface area contributed by atoms with Crippen LogP contribution in [0.2, 0.25) is 0 Å². The molecule has 1 aromatic carbocycles. The van der Waals surface area contributed by atoms with Gasteiger partial charge in [-0.1, -0.05) is 13.0 Å². The van der Waals surface area contributed by atoms with E-state index in [1.807, 2.05) is 6.92 Å². The fourth-order valence-corrected chi connectivity index (χ4v) is 2.03. The molecule has 0 aliphatic heterocycles. The van der Waals surface area contributed by atoms with E-state index in [1.165, 1.54) is 6.07 Å². The largest absolute Gasteiger partial charge is 0.312 e. The lowest BCUT2D eigenvalue weighted by molar-refractivity contribution is -0.387. The van der Waals surface area contributed by atoms with Crippen LogP contribution in [-0.4, -0.2) is 27.2 Å². The second-order valence-electron chi connectivity index (χ2n) is 3.65. The molecule has 0 amide bonds. The molecule has 0 saturated carbocycles. The van der Waals surface area contributed by atoms with Crippen LogP contribution in [-0.2, 0) is 17.3 Å². The number of rotatable bonds is 7. The van der Waals surface area contributed by atoms with Crippen molar-refractivity contribution in [2.75, 3.05) is 18.1 Å². The SMILES string of the molecule is CCS(=O)CCNCc1ccc([N+](=O)[O-])c(F)c1. The van der Waals surface area contributed by atoms with Gasteiger partial charge in [0.05, 0.1) is 4.92 Å². The van der Waals surface area contributed by atoms with Gasteiger partial charge in [0.2, 0.25) is 5.82 Å². The standard InChI is InChI=1S/C11H15FN2O3S/c1-2-18(17)6-5-13-8-9-3-4-11(14(15)16)10(12)7-9/h3-4,7,13H,2,5-6,8H2,1H3. The number of benzene rings is 1. The molecule has 1 N–H and O–H groups in total. The summed E-state index contributed by atoms with van der Waals surface area (Å²) in [7, 11) is -0.825. The highest BCUT2D eigenvalue weighted by molar-refractivity contribution is 7.84. The second kappa shape index (κ2) is 7.17. The molecular formula is C11H15FN2O3S. The lowest BCUT2D eigenvalue weighted by atomic mass is 10.2. The van der Waals surface area contributed by atoms with Crippen molar-refractivity contribution in [2.24, 2.45) is 0 Å². The Hall–Kier alpha value is -1.34. The highest BCUT2D eigenvalue weighted by Gasteiger charge is 2.13. The van der Waals surface area contributed by atoms with Crippen LogP contribution in [0.1, 0.15) is 12.5 Å². The summed E-state index contributed by atoms with van der Waals surface area (Å²) in [6, 6.07) is 3.80. The van der Waals surface area contributed by atoms with Gasteiger partial charge in [-0.25, -0.2) is 0 Å². The number of hydrogen-bond acceptors (Lipinski definition) is 4. The molecule has 0 spiro atoms. The normalized spacial score (nSPS) is 12.3. The Balaban J connectivity index is 2.46. The monoisotopic (exact) mass is 274 g/mol. The van der Waals surface area contributed by atoms with Crippen LogP contribution < -0.4 is 5.32 Å². The van der Waals surface area contributed by atoms with Crippen LogP contribution in [0.3, 0.4) is 0 Å². The summed E-state index contributed by atoms with van der Waals surface area (Å²) in [5.41, 5.74) is 0.103. The molecule has 0 bridgehead atoms. The van der Waals surface area contributed by atoms with Crippen LogP contribution in [0.4, 0.5) is 10.1 Å². The van der Waals surface area contributed by atoms with E-state index >= 15 is 0 Å². The van der Waals surface area contributed by atoms with E-state index in [-0.39, 0.29) is 0 Å². The molecule has 0 heterocycles. The van der Waals surface area contributed by atoms with Crippen LogP contribution in [0.5, 0.6) is 0 Å². The third kappa shape index (κ3) is 4.50. The van der Waals surface area contributed by atoms with Gasteiger partial charge in [-0.05, 0) is 11.6 Å². The summed E-state index contributed by atoms with van der Waals surface area (Å²) in [5, 5.41) is 13.4. The van der Waals surface area contributed by atoms with Crippen molar-refractivity contribution in [1.29, 1.82) is 0 Å². The maximum Gasteiger partial charge on any atom is 0.304 e. The molecule has 100 valence electrons. The zero-order chi connectivity index (χ0) is 13.5. The van der Waals surface area contributed by atoms with Crippen molar-refractivity contribution < 1.29 is 13.5 Å². The molecule has 0 aromatic heterocycles. The molecule has 1 rings (SSSR count). The Morgan fingerprint density at radius 1 is 1.50 bits per heavy atom. The number of nitrogens with one attached hydrogen (secondary N) is 1. The summed E-state index contributed by atoms with van der Waals surface area (Å²) in [6.45, 7) is 2.82. The Bertz CT molecular complexity index is 454. The predicted molar refractivity (Wildman–Crippen MR) is 68.3 cm³/mol. The van der Waals surface area contributed by atoms with Gasteiger partial charge in [0.1, 0.15) is 0 Å². The molecule has 0 saturated heterocycles. The van der Waals surface area contributed by atoms with Gasteiger partial charge in [-0.3, -0.25) is 14.3 Å². The molecule has 1 atom stereocenters. The average molecular weight is 274 g/mol. The minimum absolute atomic E-state index is 0.399. The molecule has 0 radical (unpaired) electrons. The van der Waals surface area contributed by atoms with Crippen molar-refractivity contribution in [2.45, 2.75) is 13.5 Å². The maximum atomic E-state index is 13.3. The number of hydrogen-bond donors (Lipinski definition) is 1. The van der Waals surface area contributed by atoms with Crippen LogP contribution in [0.25, 0.3) is 0 Å². The number of nitrogens with zero attached hydrogens (tertiary/aromatic N) is 1. The number of nitro groups is 1. The van der Waals surface area contributed by atoms with Crippen LogP contribution in [0.15, 0.2) is 18.2 Å². The first kappa shape index (κ1) is 14.7.